The number of carbonyl (C=O) groups is 2. The van der Waals surface area contributed by atoms with Gasteiger partial charge in [0.1, 0.15) is 30.5 Å². The number of halogens is 1. The lowest BCUT2D eigenvalue weighted by Crippen LogP contribution is -2.34. The van der Waals surface area contributed by atoms with Crippen molar-refractivity contribution in [3.63, 3.8) is 0 Å². The summed E-state index contributed by atoms with van der Waals surface area (Å²) in [5.41, 5.74) is -2.82. The first-order chi connectivity index (χ1) is 26.3. The van der Waals surface area contributed by atoms with Gasteiger partial charge in [-0.15, -0.1) is 0 Å². The van der Waals surface area contributed by atoms with Gasteiger partial charge in [0.15, 0.2) is 0 Å². The van der Waals surface area contributed by atoms with Gasteiger partial charge in [-0.2, -0.15) is 9.37 Å². The summed E-state index contributed by atoms with van der Waals surface area (Å²) in [6, 6.07) is 1.51. The molecule has 2 fully saturated rings. The fraction of sp³-hybridized carbons (Fsp3) is 0.722. The number of nitrogens with zero attached hydrogens (tertiary/aromatic N) is 3. The summed E-state index contributed by atoms with van der Waals surface area (Å²) in [5.74, 6) is -2.01. The number of phosphoric ester groups is 1. The van der Waals surface area contributed by atoms with Crippen molar-refractivity contribution < 1.29 is 46.7 Å². The minimum atomic E-state index is -4.72. The van der Waals surface area contributed by atoms with Crippen LogP contribution in [0.2, 0.25) is 0 Å². The van der Waals surface area contributed by atoms with Crippen molar-refractivity contribution >= 4 is 25.5 Å². The van der Waals surface area contributed by atoms with Crippen LogP contribution in [0.4, 0.5) is 10.2 Å². The molecule has 2 aliphatic rings. The zero-order valence-electron chi connectivity index (χ0n) is 31.7. The van der Waals surface area contributed by atoms with E-state index in [1.54, 1.807) is 4.98 Å². The standard InChI is InChI=1S/C36H55FN5O12P/c1-3-4-5-6-7-8-9-10-11-12-13-14-15-16-31(44)38-30-19-20-41(35(46)39-30)32-18-17-26(53-32)23-50-55(48,49)51-24-29-28(52-25(2)43)21-33(54-29)42-22-27(37)34(45)40-36(42)47/h19-20,22,26,28-29,32-33H,3-18,21,23-24H2,1-2H3,(H,48,49)(H,40,45,47)(H,38,39,44,46). The van der Waals surface area contributed by atoms with Crippen molar-refractivity contribution in [1.29, 1.82) is 0 Å². The molecule has 6 unspecified atom stereocenters. The summed E-state index contributed by atoms with van der Waals surface area (Å²) in [6.07, 6.45) is 14.1. The van der Waals surface area contributed by atoms with Crippen molar-refractivity contribution in [3.05, 3.63) is 55.6 Å². The fourth-order valence-electron chi connectivity index (χ4n) is 6.64. The number of rotatable bonds is 24. The highest BCUT2D eigenvalue weighted by molar-refractivity contribution is 7.47. The number of unbranched alkanes of at least 4 members (excludes halogenated alkanes) is 12. The number of H-pyrrole nitrogens is 1. The maximum absolute atomic E-state index is 13.8. The Balaban J connectivity index is 1.14. The van der Waals surface area contributed by atoms with Crippen LogP contribution in [-0.4, -0.2) is 67.4 Å². The maximum atomic E-state index is 13.8. The van der Waals surface area contributed by atoms with Gasteiger partial charge in [-0.05, 0) is 25.3 Å². The monoisotopic (exact) mass is 799 g/mol. The second-order valence-corrected chi connectivity index (χ2v) is 15.5. The molecular weight excluding hydrogens is 744 g/mol. The highest BCUT2D eigenvalue weighted by atomic mass is 31.2. The second kappa shape index (κ2) is 22.3. The molecule has 3 N–H and O–H groups in total. The van der Waals surface area contributed by atoms with Crippen LogP contribution in [0.1, 0.15) is 135 Å². The highest BCUT2D eigenvalue weighted by Crippen LogP contribution is 2.45. The number of hydrogen-bond acceptors (Lipinski definition) is 12. The third-order valence-corrected chi connectivity index (χ3v) is 10.5. The van der Waals surface area contributed by atoms with E-state index in [9.17, 15) is 37.8 Å². The summed E-state index contributed by atoms with van der Waals surface area (Å²) in [7, 11) is -4.72. The molecule has 2 aromatic heterocycles. The van der Waals surface area contributed by atoms with E-state index in [1.807, 2.05) is 0 Å². The van der Waals surface area contributed by atoms with E-state index in [0.29, 0.717) is 25.5 Å². The minimum absolute atomic E-state index is 0.142. The molecule has 2 aromatic rings. The number of hydrogen-bond donors (Lipinski definition) is 3. The number of nitrogens with one attached hydrogen (secondary N) is 2. The number of amides is 1. The first-order valence-electron chi connectivity index (χ1n) is 19.3. The van der Waals surface area contributed by atoms with Crippen LogP contribution in [0.25, 0.3) is 0 Å². The SMILES string of the molecule is CCCCCCCCCCCCCCCC(=O)Nc1ccn(C2CCC(COP(=O)(O)OCC3OC(n4cc(F)c(=O)[nH]c4=O)CC3OC(C)=O)O2)c(=O)n1. The summed E-state index contributed by atoms with van der Waals surface area (Å²) < 4.78 is 55.5. The topological polar surface area (TPSA) is 219 Å². The lowest BCUT2D eigenvalue weighted by atomic mass is 10.0. The number of ether oxygens (including phenoxy) is 3. The van der Waals surface area contributed by atoms with Gasteiger partial charge in [-0.1, -0.05) is 84.0 Å². The Labute approximate surface area is 318 Å². The van der Waals surface area contributed by atoms with Crippen LogP contribution in [0, 0.1) is 5.82 Å². The first kappa shape index (κ1) is 44.2. The van der Waals surface area contributed by atoms with E-state index < -0.39 is 73.9 Å². The van der Waals surface area contributed by atoms with E-state index >= 15 is 0 Å². The van der Waals surface area contributed by atoms with Crippen molar-refractivity contribution in [2.24, 2.45) is 0 Å². The third kappa shape index (κ3) is 14.8. The van der Waals surface area contributed by atoms with Gasteiger partial charge in [-0.25, -0.2) is 14.2 Å². The van der Waals surface area contributed by atoms with Gasteiger partial charge < -0.3 is 24.4 Å². The molecule has 6 atom stereocenters. The van der Waals surface area contributed by atoms with Gasteiger partial charge >= 0.3 is 25.2 Å². The lowest BCUT2D eigenvalue weighted by Gasteiger charge is -2.21. The lowest BCUT2D eigenvalue weighted by molar-refractivity contribution is -0.150. The average Bonchev–Trinajstić information content (AvgIpc) is 3.77. The number of phosphoric acid groups is 1. The van der Waals surface area contributed by atoms with Gasteiger partial charge in [-0.3, -0.25) is 37.5 Å². The van der Waals surface area contributed by atoms with Crippen LogP contribution in [0.5, 0.6) is 0 Å². The molecule has 1 amide bonds. The number of anilines is 1. The van der Waals surface area contributed by atoms with Crippen LogP contribution in [0.15, 0.2) is 32.8 Å². The molecular formula is C36H55FN5O12P. The Hall–Kier alpha value is -3.54. The minimum Gasteiger partial charge on any atom is -0.460 e. The Morgan fingerprint density at radius 1 is 0.945 bits per heavy atom. The van der Waals surface area contributed by atoms with Crippen LogP contribution in [0.3, 0.4) is 0 Å². The number of aromatic amines is 1. The number of aromatic nitrogens is 4. The Morgan fingerprint density at radius 2 is 1.58 bits per heavy atom. The zero-order valence-corrected chi connectivity index (χ0v) is 32.6. The predicted molar refractivity (Wildman–Crippen MR) is 198 cm³/mol. The molecule has 2 aliphatic heterocycles. The van der Waals surface area contributed by atoms with Crippen molar-refractivity contribution in [1.82, 2.24) is 19.1 Å². The smallest absolute Gasteiger partial charge is 0.460 e. The quantitative estimate of drug-likeness (QED) is 0.0691. The molecule has 0 bridgehead atoms. The molecule has 0 saturated carbocycles. The largest absolute Gasteiger partial charge is 0.472 e. The van der Waals surface area contributed by atoms with Crippen molar-refractivity contribution in [3.8, 4) is 0 Å². The molecule has 17 nitrogen and oxygen atoms in total. The van der Waals surface area contributed by atoms with Crippen molar-refractivity contribution in [2.75, 3.05) is 18.5 Å². The van der Waals surface area contributed by atoms with Gasteiger partial charge in [0.2, 0.25) is 11.7 Å². The summed E-state index contributed by atoms with van der Waals surface area (Å²) in [5, 5.41) is 2.68. The van der Waals surface area contributed by atoms with E-state index in [0.717, 1.165) is 30.8 Å². The zero-order chi connectivity index (χ0) is 39.8. The third-order valence-electron chi connectivity index (χ3n) is 9.56. The molecule has 4 rings (SSSR count). The van der Waals surface area contributed by atoms with E-state index in [-0.39, 0.29) is 24.8 Å². The van der Waals surface area contributed by atoms with Crippen LogP contribution >= 0.6 is 7.82 Å². The second-order valence-electron chi connectivity index (χ2n) is 14.0. The molecule has 308 valence electrons. The molecule has 55 heavy (non-hydrogen) atoms. The maximum Gasteiger partial charge on any atom is 0.472 e. The van der Waals surface area contributed by atoms with Gasteiger partial charge in [0.25, 0.3) is 5.56 Å². The molecule has 2 saturated heterocycles. The average molecular weight is 800 g/mol. The fourth-order valence-corrected chi connectivity index (χ4v) is 7.40. The Morgan fingerprint density at radius 3 is 2.22 bits per heavy atom. The Bertz CT molecular complexity index is 1770. The predicted octanol–water partition coefficient (Wildman–Crippen LogP) is 5.38. The summed E-state index contributed by atoms with van der Waals surface area (Å²) in [6.45, 7) is 2.38. The van der Waals surface area contributed by atoms with E-state index in [1.165, 1.54) is 81.0 Å². The number of esters is 1. The van der Waals surface area contributed by atoms with Crippen molar-refractivity contribution in [2.45, 2.75) is 154 Å². The first-order valence-corrected chi connectivity index (χ1v) is 20.8. The van der Waals surface area contributed by atoms with E-state index in [2.05, 4.69) is 17.2 Å². The molecule has 0 spiro atoms. The molecule has 0 aromatic carbocycles. The van der Waals surface area contributed by atoms with Gasteiger partial charge in [0.05, 0.1) is 25.5 Å². The molecule has 19 heteroatoms. The summed E-state index contributed by atoms with van der Waals surface area (Å²) in [4.78, 5) is 76.6. The molecule has 0 aliphatic carbocycles. The number of carbonyl (C=O) groups excluding carboxylic acids is 2. The highest BCUT2D eigenvalue weighted by Gasteiger charge is 2.41. The van der Waals surface area contributed by atoms with Gasteiger partial charge in [0, 0.05) is 26.0 Å². The normalized spacial score (nSPS) is 22.1. The summed E-state index contributed by atoms with van der Waals surface area (Å²) >= 11 is 0. The van der Waals surface area contributed by atoms with Crippen LogP contribution in [-0.2, 0) is 37.4 Å². The molecule has 4 heterocycles. The Kier molecular flexibility index (Phi) is 17.9. The molecule has 0 radical (unpaired) electrons. The van der Waals surface area contributed by atoms with E-state index in [4.69, 9.17) is 23.3 Å². The van der Waals surface area contributed by atoms with Crippen LogP contribution < -0.4 is 22.3 Å².